The van der Waals surface area contributed by atoms with Crippen molar-refractivity contribution in [1.29, 1.82) is 0 Å². The molecule has 0 aliphatic carbocycles. The molecule has 1 amide bonds. The Bertz CT molecular complexity index is 1390. The van der Waals surface area contributed by atoms with Crippen molar-refractivity contribution in [2.45, 2.75) is 56.1 Å². The number of carbonyl (C=O) groups excluding carboxylic acids is 1. The molecule has 1 atom stereocenters. The number of hydrogen-bond acceptors (Lipinski definition) is 9. The molecule has 11 heteroatoms. The van der Waals surface area contributed by atoms with Gasteiger partial charge in [-0.3, -0.25) is 4.79 Å². The summed E-state index contributed by atoms with van der Waals surface area (Å²) in [6.45, 7) is 7.46. The Hall–Kier alpha value is -2.34. The predicted octanol–water partition coefficient (Wildman–Crippen LogP) is 5.43. The van der Waals surface area contributed by atoms with E-state index in [4.69, 9.17) is 14.5 Å². The molecule has 0 unspecified atom stereocenters. The van der Waals surface area contributed by atoms with Gasteiger partial charge in [-0.2, -0.15) is 0 Å². The minimum absolute atomic E-state index is 0.112. The quantitative estimate of drug-likeness (QED) is 0.239. The second-order valence-electron chi connectivity index (χ2n) is 8.49. The summed E-state index contributed by atoms with van der Waals surface area (Å²) in [5.41, 5.74) is 2.60. The summed E-state index contributed by atoms with van der Waals surface area (Å²) in [6.07, 6.45) is 3.76. The third-order valence-electron chi connectivity index (χ3n) is 6.13. The zero-order valence-corrected chi connectivity index (χ0v) is 22.5. The molecule has 5 rings (SSSR count). The number of fused-ring (bicyclic) bond motifs is 5. The lowest BCUT2D eigenvalue weighted by Crippen LogP contribution is -2.33. The van der Waals surface area contributed by atoms with E-state index in [-0.39, 0.29) is 17.3 Å². The number of benzene rings is 1. The van der Waals surface area contributed by atoms with Crippen LogP contribution in [0.2, 0.25) is 0 Å². The maximum Gasteiger partial charge on any atom is 0.234 e. The molecule has 35 heavy (non-hydrogen) atoms. The molecule has 1 aliphatic rings. The van der Waals surface area contributed by atoms with E-state index in [1.54, 1.807) is 23.1 Å². The highest BCUT2D eigenvalue weighted by molar-refractivity contribution is 8.00. The first kappa shape index (κ1) is 24.4. The van der Waals surface area contributed by atoms with E-state index in [1.165, 1.54) is 22.2 Å². The number of nitrogens with one attached hydrogen (secondary N) is 1. The fourth-order valence-corrected chi connectivity index (χ4v) is 6.59. The Morgan fingerprint density at radius 3 is 2.77 bits per heavy atom. The topological polar surface area (TPSA) is 90.6 Å². The molecule has 1 N–H and O–H groups in total. The van der Waals surface area contributed by atoms with Crippen molar-refractivity contribution in [3.8, 4) is 5.75 Å². The van der Waals surface area contributed by atoms with Gasteiger partial charge in [-0.05, 0) is 56.4 Å². The van der Waals surface area contributed by atoms with Crippen LogP contribution in [0.1, 0.15) is 37.6 Å². The highest BCUT2D eigenvalue weighted by Crippen LogP contribution is 2.42. The Morgan fingerprint density at radius 2 is 2.06 bits per heavy atom. The Balaban J connectivity index is 1.40. The van der Waals surface area contributed by atoms with Crippen molar-refractivity contribution in [3.63, 3.8) is 0 Å². The molecule has 4 heterocycles. The van der Waals surface area contributed by atoms with Gasteiger partial charge in [0, 0.05) is 17.0 Å². The van der Waals surface area contributed by atoms with Crippen LogP contribution in [0.25, 0.3) is 15.9 Å². The standard InChI is InChI=1S/C24H27N5O3S3/c1-5-24(3)11-16-17(12-32-24)35-21-19(16)20-27-28-23(29(20)22(26-21)33-4)34-13-18(30)25-14-7-9-15(10-8-14)31-6-2/h7-10H,5-6,11-13H2,1-4H3,(H,25,30)/t24-/m0/s1. The largest absolute Gasteiger partial charge is 0.494 e. The third-order valence-corrected chi connectivity index (χ3v) is 8.80. The fourth-order valence-electron chi connectivity index (χ4n) is 4.10. The van der Waals surface area contributed by atoms with Gasteiger partial charge in [-0.1, -0.05) is 30.4 Å². The summed E-state index contributed by atoms with van der Waals surface area (Å²) in [6, 6.07) is 7.35. The van der Waals surface area contributed by atoms with Crippen LogP contribution in [0.15, 0.2) is 34.6 Å². The number of anilines is 1. The molecule has 1 aliphatic heterocycles. The zero-order valence-electron chi connectivity index (χ0n) is 20.1. The number of thiophene rings is 1. The molecule has 0 fully saturated rings. The molecule has 184 valence electrons. The fraction of sp³-hybridized carbons (Fsp3) is 0.417. The Kier molecular flexibility index (Phi) is 6.93. The molecule has 0 radical (unpaired) electrons. The molecular weight excluding hydrogens is 502 g/mol. The number of amides is 1. The summed E-state index contributed by atoms with van der Waals surface area (Å²) < 4.78 is 13.6. The smallest absolute Gasteiger partial charge is 0.234 e. The molecule has 0 bridgehead atoms. The first-order valence-electron chi connectivity index (χ1n) is 11.5. The number of rotatable bonds is 8. The van der Waals surface area contributed by atoms with Gasteiger partial charge in [0.25, 0.3) is 0 Å². The number of nitrogens with zero attached hydrogens (tertiary/aromatic N) is 4. The Morgan fingerprint density at radius 1 is 1.26 bits per heavy atom. The summed E-state index contributed by atoms with van der Waals surface area (Å²) in [5.74, 6) is 0.877. The lowest BCUT2D eigenvalue weighted by atomic mass is 9.90. The van der Waals surface area contributed by atoms with E-state index in [0.29, 0.717) is 18.4 Å². The molecule has 8 nitrogen and oxygen atoms in total. The first-order chi connectivity index (χ1) is 16.9. The minimum atomic E-state index is -0.188. The monoisotopic (exact) mass is 529 g/mol. The normalized spacial score (nSPS) is 17.6. The lowest BCUT2D eigenvalue weighted by molar-refractivity contribution is -0.113. The van der Waals surface area contributed by atoms with Crippen molar-refractivity contribution in [3.05, 3.63) is 34.7 Å². The van der Waals surface area contributed by atoms with Crippen LogP contribution in [0.4, 0.5) is 5.69 Å². The van der Waals surface area contributed by atoms with Crippen molar-refractivity contribution < 1.29 is 14.3 Å². The number of hydrogen-bond donors (Lipinski definition) is 1. The zero-order chi connectivity index (χ0) is 24.6. The predicted molar refractivity (Wildman–Crippen MR) is 142 cm³/mol. The van der Waals surface area contributed by atoms with Gasteiger partial charge >= 0.3 is 0 Å². The average molecular weight is 530 g/mol. The van der Waals surface area contributed by atoms with Gasteiger partial charge in [-0.25, -0.2) is 9.38 Å². The first-order valence-corrected chi connectivity index (χ1v) is 14.5. The van der Waals surface area contributed by atoms with E-state index < -0.39 is 0 Å². The van der Waals surface area contributed by atoms with E-state index in [9.17, 15) is 4.79 Å². The summed E-state index contributed by atoms with van der Waals surface area (Å²) in [5, 5.41) is 14.5. The molecular formula is C24H27N5O3S3. The molecule has 0 saturated heterocycles. The van der Waals surface area contributed by atoms with E-state index >= 15 is 0 Å². The second kappa shape index (κ2) is 9.96. The molecule has 4 aromatic rings. The summed E-state index contributed by atoms with van der Waals surface area (Å²) in [7, 11) is 0. The summed E-state index contributed by atoms with van der Waals surface area (Å²) >= 11 is 4.58. The molecule has 0 saturated carbocycles. The molecule has 3 aromatic heterocycles. The van der Waals surface area contributed by atoms with Crippen molar-refractivity contribution in [2.75, 3.05) is 23.9 Å². The van der Waals surface area contributed by atoms with Crippen LogP contribution in [-0.2, 0) is 22.6 Å². The van der Waals surface area contributed by atoms with E-state index in [2.05, 4.69) is 29.4 Å². The average Bonchev–Trinajstić information content (AvgIpc) is 3.44. The van der Waals surface area contributed by atoms with Crippen LogP contribution in [-0.4, -0.2) is 49.7 Å². The van der Waals surface area contributed by atoms with Gasteiger partial charge in [0.1, 0.15) is 10.6 Å². The third kappa shape index (κ3) is 4.74. The number of thioether (sulfide) groups is 2. The minimum Gasteiger partial charge on any atom is -0.494 e. The van der Waals surface area contributed by atoms with Gasteiger partial charge in [-0.15, -0.1) is 21.5 Å². The maximum atomic E-state index is 12.6. The Labute approximate surface area is 216 Å². The van der Waals surface area contributed by atoms with Gasteiger partial charge in [0.05, 0.1) is 30.0 Å². The van der Waals surface area contributed by atoms with Crippen molar-refractivity contribution in [2.24, 2.45) is 0 Å². The lowest BCUT2D eigenvalue weighted by Gasteiger charge is -2.32. The van der Waals surface area contributed by atoms with Gasteiger partial charge in [0.2, 0.25) is 5.91 Å². The number of ether oxygens (including phenoxy) is 2. The highest BCUT2D eigenvalue weighted by atomic mass is 32.2. The van der Waals surface area contributed by atoms with E-state index in [0.717, 1.165) is 45.3 Å². The number of carbonyl (C=O) groups is 1. The summed E-state index contributed by atoms with van der Waals surface area (Å²) in [4.78, 5) is 19.7. The van der Waals surface area contributed by atoms with Gasteiger partial charge in [0.15, 0.2) is 16.0 Å². The highest BCUT2D eigenvalue weighted by Gasteiger charge is 2.33. The van der Waals surface area contributed by atoms with Crippen molar-refractivity contribution >= 4 is 62.3 Å². The van der Waals surface area contributed by atoms with Crippen molar-refractivity contribution in [1.82, 2.24) is 19.6 Å². The SMILES string of the molecule is CCOc1ccc(NC(=O)CSc2nnc3c4c5c(sc4nc(SC)n23)CO[C@@](C)(CC)C5)cc1. The molecule has 0 spiro atoms. The van der Waals surface area contributed by atoms with Crippen LogP contribution >= 0.6 is 34.9 Å². The van der Waals surface area contributed by atoms with Crippen LogP contribution in [0.5, 0.6) is 5.75 Å². The maximum absolute atomic E-state index is 12.6. The van der Waals surface area contributed by atoms with Crippen LogP contribution in [0.3, 0.4) is 0 Å². The second-order valence-corrected chi connectivity index (χ2v) is 11.3. The van der Waals surface area contributed by atoms with Crippen LogP contribution < -0.4 is 10.1 Å². The van der Waals surface area contributed by atoms with Gasteiger partial charge < -0.3 is 14.8 Å². The number of aromatic nitrogens is 4. The van der Waals surface area contributed by atoms with Crippen LogP contribution in [0, 0.1) is 0 Å². The van der Waals surface area contributed by atoms with E-state index in [1.807, 2.05) is 41.8 Å². The molecule has 1 aromatic carbocycles.